The van der Waals surface area contributed by atoms with E-state index in [2.05, 4.69) is 13.6 Å². The summed E-state index contributed by atoms with van der Waals surface area (Å²) in [6.07, 6.45) is 7.23. The summed E-state index contributed by atoms with van der Waals surface area (Å²) in [5.74, 6) is 0. The van der Waals surface area contributed by atoms with Gasteiger partial charge in [0.1, 0.15) is 14.4 Å². The highest BCUT2D eigenvalue weighted by Gasteiger charge is 2.07. The second-order valence-electron chi connectivity index (χ2n) is 5.69. The summed E-state index contributed by atoms with van der Waals surface area (Å²) in [6.45, 7) is 1.21. The number of phosphoric ester groups is 1. The van der Waals surface area contributed by atoms with Gasteiger partial charge in [-0.25, -0.2) is 0 Å². The van der Waals surface area contributed by atoms with Crippen molar-refractivity contribution in [2.24, 2.45) is 11.5 Å². The molecule has 0 aromatic heterocycles. The monoisotopic (exact) mass is 468 g/mol. The molecule has 0 rings (SSSR count). The third-order valence-corrected chi connectivity index (χ3v) is 4.57. The van der Waals surface area contributed by atoms with Crippen LogP contribution in [0.5, 0.6) is 0 Å². The molecule has 14 heteroatoms. The summed E-state index contributed by atoms with van der Waals surface area (Å²) in [4.78, 5) is 21.2. The highest BCUT2D eigenvalue weighted by Crippen LogP contribution is 2.37. The van der Waals surface area contributed by atoms with Crippen LogP contribution in [0, 0.1) is 0 Å². The predicted octanol–water partition coefficient (Wildman–Crippen LogP) is -0.409. The maximum Gasteiger partial charge on any atom is 0.269 e. The smallest absolute Gasteiger partial charge is 0.269 e. The van der Waals surface area contributed by atoms with Gasteiger partial charge >= 0.3 is 0 Å². The average molecular weight is 468 g/mol. The normalized spacial score (nSPS) is 14.6. The maximum absolute atomic E-state index is 10.7. The summed E-state index contributed by atoms with van der Waals surface area (Å²) in [5, 5.41) is 22.4. The van der Waals surface area contributed by atoms with Gasteiger partial charge in [0.25, 0.3) is 7.82 Å². The van der Waals surface area contributed by atoms with E-state index in [1.165, 1.54) is 0 Å². The second-order valence-corrected chi connectivity index (χ2v) is 8.90. The highest BCUT2D eigenvalue weighted by molar-refractivity contribution is 7.50. The molecule has 180 valence electrons. The summed E-state index contributed by atoms with van der Waals surface area (Å²) < 4.78 is 34.2. The lowest BCUT2D eigenvalue weighted by Gasteiger charge is -2.20. The van der Waals surface area contributed by atoms with E-state index >= 15 is 0 Å². The molecule has 0 aromatic rings. The molecule has 0 aliphatic carbocycles. The Morgan fingerprint density at radius 1 is 0.724 bits per heavy atom. The SMILES string of the molecule is CP(=O)([O-])OCCCCCCN.NCCCCCCOP(=O)([O-])OCO.OCO. The Labute approximate surface area is 173 Å². The Balaban J connectivity index is -0.000000414. The lowest BCUT2D eigenvalue weighted by molar-refractivity contribution is -0.231. The molecule has 7 N–H and O–H groups in total. The van der Waals surface area contributed by atoms with Gasteiger partial charge in [-0.2, -0.15) is 0 Å². The number of aliphatic hydroxyl groups excluding tert-OH is 2. The van der Waals surface area contributed by atoms with Crippen LogP contribution in [0.3, 0.4) is 0 Å². The molecule has 0 spiro atoms. The standard InChI is InChI=1S/C7H18NO5P.C7H18NO3P.CH4O2/c8-5-3-1-2-4-6-12-14(10,11)13-7-9;1-12(9,10)11-7-5-3-2-4-6-8;2-1-3/h9H,1-8H2,(H,10,11);2-8H2,1H3,(H,9,10);2-3H,1H2/p-2. The minimum atomic E-state index is -4.27. The molecule has 0 saturated heterocycles. The van der Waals surface area contributed by atoms with Crippen molar-refractivity contribution in [3.8, 4) is 0 Å². The lowest BCUT2D eigenvalue weighted by atomic mass is 10.2. The van der Waals surface area contributed by atoms with E-state index in [1.807, 2.05) is 0 Å². The number of hydrogen-bond acceptors (Lipinski definition) is 12. The van der Waals surface area contributed by atoms with Crippen molar-refractivity contribution in [1.82, 2.24) is 0 Å². The molecule has 0 fully saturated rings. The topological polar surface area (TPSA) is 221 Å². The number of nitrogens with two attached hydrogens (primary N) is 2. The van der Waals surface area contributed by atoms with Gasteiger partial charge in [-0.05, 0) is 38.8 Å². The van der Waals surface area contributed by atoms with E-state index in [9.17, 15) is 18.9 Å². The molecule has 0 aromatic carbocycles. The van der Waals surface area contributed by atoms with Crippen molar-refractivity contribution >= 4 is 15.4 Å². The lowest BCUT2D eigenvalue weighted by Crippen LogP contribution is -2.09. The molecule has 2 unspecified atom stereocenters. The molecule has 0 bridgehead atoms. The van der Waals surface area contributed by atoms with Gasteiger partial charge in [0.05, 0.1) is 13.2 Å². The molecule has 0 aliphatic rings. The van der Waals surface area contributed by atoms with Gasteiger partial charge in [-0.3, -0.25) is 9.09 Å². The minimum absolute atomic E-state index is 0.0886. The van der Waals surface area contributed by atoms with Crippen molar-refractivity contribution < 1.29 is 47.8 Å². The zero-order valence-corrected chi connectivity index (χ0v) is 18.9. The molecule has 12 nitrogen and oxygen atoms in total. The summed E-state index contributed by atoms with van der Waals surface area (Å²) in [5.41, 5.74) is 10.6. The number of unbranched alkanes of at least 4 members (excludes halogenated alkanes) is 6. The first-order valence-electron chi connectivity index (χ1n) is 9.36. The van der Waals surface area contributed by atoms with Crippen LogP contribution in [0.4, 0.5) is 0 Å². The number of rotatable bonds is 16. The van der Waals surface area contributed by atoms with Gasteiger partial charge in [0.2, 0.25) is 0 Å². The van der Waals surface area contributed by atoms with E-state index < -0.39 is 29.0 Å². The first-order valence-corrected chi connectivity index (χ1v) is 12.8. The molecular formula is C15H38N2O10P2-2. The Kier molecular flexibility index (Phi) is 28.3. The fraction of sp³-hybridized carbons (Fsp3) is 1.00. The molecule has 0 saturated carbocycles. The fourth-order valence-electron chi connectivity index (χ4n) is 1.71. The van der Waals surface area contributed by atoms with E-state index in [0.717, 1.165) is 51.6 Å². The average Bonchev–Trinajstić information content (AvgIpc) is 2.61. The summed E-state index contributed by atoms with van der Waals surface area (Å²) in [7, 11) is -7.77. The Hall–Kier alpha value is 0.0600. The number of hydrogen-bond donors (Lipinski definition) is 5. The quantitative estimate of drug-likeness (QED) is 0.111. The van der Waals surface area contributed by atoms with Crippen molar-refractivity contribution in [2.45, 2.75) is 51.4 Å². The van der Waals surface area contributed by atoms with Crippen LogP contribution in [-0.2, 0) is 22.7 Å². The zero-order chi connectivity index (χ0) is 23.0. The van der Waals surface area contributed by atoms with Gasteiger partial charge < -0.3 is 50.2 Å². The van der Waals surface area contributed by atoms with E-state index in [0.29, 0.717) is 26.1 Å². The van der Waals surface area contributed by atoms with E-state index in [1.54, 1.807) is 0 Å². The van der Waals surface area contributed by atoms with E-state index in [-0.39, 0.29) is 6.61 Å². The highest BCUT2D eigenvalue weighted by atomic mass is 31.2. The van der Waals surface area contributed by atoms with Crippen molar-refractivity contribution in [3.05, 3.63) is 0 Å². The van der Waals surface area contributed by atoms with Crippen LogP contribution in [0.15, 0.2) is 0 Å². The van der Waals surface area contributed by atoms with E-state index in [4.69, 9.17) is 26.8 Å². The third-order valence-electron chi connectivity index (χ3n) is 2.99. The summed E-state index contributed by atoms with van der Waals surface area (Å²) in [6, 6.07) is 0. The van der Waals surface area contributed by atoms with Gasteiger partial charge in [0, 0.05) is 6.66 Å². The van der Waals surface area contributed by atoms with Gasteiger partial charge in [0.15, 0.2) is 6.79 Å². The van der Waals surface area contributed by atoms with Crippen LogP contribution in [-0.4, -0.2) is 61.9 Å². The second kappa shape index (κ2) is 24.3. The first-order chi connectivity index (χ1) is 13.6. The summed E-state index contributed by atoms with van der Waals surface area (Å²) >= 11 is 0. The molecule has 0 amide bonds. The Morgan fingerprint density at radius 2 is 1.10 bits per heavy atom. The predicted molar refractivity (Wildman–Crippen MR) is 106 cm³/mol. The molecular weight excluding hydrogens is 430 g/mol. The third kappa shape index (κ3) is 39.2. The Morgan fingerprint density at radius 3 is 1.45 bits per heavy atom. The largest absolute Gasteiger partial charge is 0.779 e. The van der Waals surface area contributed by atoms with Crippen LogP contribution < -0.4 is 21.3 Å². The maximum atomic E-state index is 10.7. The van der Waals surface area contributed by atoms with Crippen LogP contribution in [0.1, 0.15) is 51.4 Å². The molecule has 29 heavy (non-hydrogen) atoms. The van der Waals surface area contributed by atoms with Crippen LogP contribution in [0.2, 0.25) is 0 Å². The first kappa shape index (κ1) is 33.7. The van der Waals surface area contributed by atoms with Gasteiger partial charge in [-0.1, -0.05) is 25.7 Å². The molecule has 2 atom stereocenters. The number of aliphatic hydroxyl groups is 3. The molecule has 0 radical (unpaired) electrons. The number of phosphoric acid groups is 1. The molecule has 0 heterocycles. The van der Waals surface area contributed by atoms with Crippen LogP contribution in [0.25, 0.3) is 0 Å². The van der Waals surface area contributed by atoms with Gasteiger partial charge in [-0.15, -0.1) is 0 Å². The minimum Gasteiger partial charge on any atom is -0.779 e. The van der Waals surface area contributed by atoms with Crippen LogP contribution >= 0.6 is 15.4 Å². The molecule has 0 aliphatic heterocycles. The van der Waals surface area contributed by atoms with Crippen molar-refractivity contribution in [3.63, 3.8) is 0 Å². The Bertz CT molecular complexity index is 413. The fourth-order valence-corrected chi connectivity index (χ4v) is 2.74. The van der Waals surface area contributed by atoms with Crippen molar-refractivity contribution in [1.29, 1.82) is 0 Å². The zero-order valence-electron chi connectivity index (χ0n) is 17.1. The van der Waals surface area contributed by atoms with Crippen molar-refractivity contribution in [2.75, 3.05) is 46.6 Å².